The summed E-state index contributed by atoms with van der Waals surface area (Å²) in [6.45, 7) is 3.65. The fourth-order valence-electron chi connectivity index (χ4n) is 1.66. The highest BCUT2D eigenvalue weighted by molar-refractivity contribution is 6.37. The third-order valence-corrected chi connectivity index (χ3v) is 2.57. The number of Topliss-reactive ketones (excluding diaryl/α,β-unsaturated/α-hetero) is 2. The van der Waals surface area contributed by atoms with Gasteiger partial charge in [0.15, 0.2) is 11.6 Å². The lowest BCUT2D eigenvalue weighted by Crippen LogP contribution is -2.17. The molecule has 0 aliphatic rings. The molecular formula is C12H20O4. The number of carbonyl (C=O) groups is 3. The van der Waals surface area contributed by atoms with Crippen molar-refractivity contribution in [2.75, 3.05) is 0 Å². The molecule has 0 saturated carbocycles. The molecule has 92 valence electrons. The van der Waals surface area contributed by atoms with Crippen molar-refractivity contribution in [2.45, 2.75) is 52.4 Å². The first-order chi connectivity index (χ1) is 7.51. The van der Waals surface area contributed by atoms with Crippen LogP contribution in [0.4, 0.5) is 0 Å². The molecule has 1 N–H and O–H groups in total. The number of hydrogen-bond acceptors (Lipinski definition) is 3. The van der Waals surface area contributed by atoms with Gasteiger partial charge in [-0.15, -0.1) is 0 Å². The minimum Gasteiger partial charge on any atom is -0.481 e. The predicted molar refractivity (Wildman–Crippen MR) is 60.2 cm³/mol. The third-order valence-electron chi connectivity index (χ3n) is 2.57. The first-order valence-corrected chi connectivity index (χ1v) is 5.79. The minimum atomic E-state index is -0.852. The van der Waals surface area contributed by atoms with Gasteiger partial charge in [-0.05, 0) is 12.3 Å². The highest BCUT2D eigenvalue weighted by atomic mass is 16.4. The Balaban J connectivity index is 4.15. The predicted octanol–water partition coefficient (Wildman–Crippen LogP) is 2.21. The summed E-state index contributed by atoms with van der Waals surface area (Å²) < 4.78 is 0. The molecule has 0 bridgehead atoms. The number of ketones is 2. The van der Waals surface area contributed by atoms with Crippen LogP contribution in [0.25, 0.3) is 0 Å². The van der Waals surface area contributed by atoms with E-state index < -0.39 is 5.97 Å². The van der Waals surface area contributed by atoms with Crippen molar-refractivity contribution in [1.29, 1.82) is 0 Å². The molecule has 0 aromatic rings. The molecule has 0 spiro atoms. The molecule has 0 amide bonds. The molecule has 0 aromatic carbocycles. The van der Waals surface area contributed by atoms with E-state index >= 15 is 0 Å². The van der Waals surface area contributed by atoms with E-state index in [1.165, 1.54) is 0 Å². The van der Waals surface area contributed by atoms with Crippen molar-refractivity contribution in [1.82, 2.24) is 0 Å². The summed E-state index contributed by atoms with van der Waals surface area (Å²) in [5.41, 5.74) is 0. The Morgan fingerprint density at radius 2 is 1.69 bits per heavy atom. The van der Waals surface area contributed by atoms with Crippen molar-refractivity contribution in [2.24, 2.45) is 5.92 Å². The van der Waals surface area contributed by atoms with Crippen LogP contribution in [0.2, 0.25) is 0 Å². The first-order valence-electron chi connectivity index (χ1n) is 5.79. The summed E-state index contributed by atoms with van der Waals surface area (Å²) in [6, 6.07) is 0. The molecule has 0 unspecified atom stereocenters. The average molecular weight is 228 g/mol. The van der Waals surface area contributed by atoms with Gasteiger partial charge in [-0.25, -0.2) is 0 Å². The Bertz CT molecular complexity index is 258. The van der Waals surface area contributed by atoms with E-state index in [4.69, 9.17) is 5.11 Å². The highest BCUT2D eigenvalue weighted by Gasteiger charge is 2.18. The van der Waals surface area contributed by atoms with Crippen molar-refractivity contribution < 1.29 is 19.5 Å². The molecule has 0 saturated heterocycles. The standard InChI is InChI=1S/C12H20O4/c1-3-5-9(6-7-12(15)16)8-11(14)10(13)4-2/h9H,3-8H2,1-2H3,(H,15,16)/t9-/m0/s1. The minimum absolute atomic E-state index is 0.0316. The monoisotopic (exact) mass is 228 g/mol. The second-order valence-corrected chi connectivity index (χ2v) is 3.99. The van der Waals surface area contributed by atoms with Gasteiger partial charge in [0.25, 0.3) is 0 Å². The van der Waals surface area contributed by atoms with E-state index in [1.807, 2.05) is 6.92 Å². The number of aliphatic carboxylic acids is 1. The summed E-state index contributed by atoms with van der Waals surface area (Å²) in [5, 5.41) is 8.57. The second-order valence-electron chi connectivity index (χ2n) is 3.99. The van der Waals surface area contributed by atoms with Crippen LogP contribution in [0.1, 0.15) is 52.4 Å². The Morgan fingerprint density at radius 1 is 1.06 bits per heavy atom. The molecule has 0 aliphatic carbocycles. The zero-order valence-corrected chi connectivity index (χ0v) is 9.99. The van der Waals surface area contributed by atoms with Crippen LogP contribution in [-0.4, -0.2) is 22.6 Å². The van der Waals surface area contributed by atoms with E-state index in [0.29, 0.717) is 6.42 Å². The lowest BCUT2D eigenvalue weighted by atomic mass is 9.91. The highest BCUT2D eigenvalue weighted by Crippen LogP contribution is 2.18. The molecular weight excluding hydrogens is 208 g/mol. The summed E-state index contributed by atoms with van der Waals surface area (Å²) in [6.07, 6.45) is 2.68. The SMILES string of the molecule is CCC[C@@H](CCC(=O)O)CC(=O)C(=O)CC. The van der Waals surface area contributed by atoms with Gasteiger partial charge in [0, 0.05) is 19.3 Å². The zero-order valence-electron chi connectivity index (χ0n) is 9.99. The topological polar surface area (TPSA) is 71.4 Å². The van der Waals surface area contributed by atoms with Gasteiger partial charge in [0.1, 0.15) is 0 Å². The number of carboxylic acid groups (broad SMARTS) is 1. The van der Waals surface area contributed by atoms with Gasteiger partial charge >= 0.3 is 5.97 Å². The molecule has 0 radical (unpaired) electrons. The smallest absolute Gasteiger partial charge is 0.303 e. The lowest BCUT2D eigenvalue weighted by Gasteiger charge is -2.13. The fourth-order valence-corrected chi connectivity index (χ4v) is 1.66. The first kappa shape index (κ1) is 14.8. The number of carbonyl (C=O) groups excluding carboxylic acids is 2. The summed E-state index contributed by atoms with van der Waals surface area (Å²) in [5.74, 6) is -1.53. The molecule has 0 aromatic heterocycles. The largest absolute Gasteiger partial charge is 0.481 e. The van der Waals surface area contributed by atoms with E-state index in [0.717, 1.165) is 12.8 Å². The Hall–Kier alpha value is -1.19. The van der Waals surface area contributed by atoms with Crippen LogP contribution >= 0.6 is 0 Å². The lowest BCUT2D eigenvalue weighted by molar-refractivity contribution is -0.138. The third kappa shape index (κ3) is 6.32. The molecule has 0 heterocycles. The van der Waals surface area contributed by atoms with Crippen LogP contribution in [0.5, 0.6) is 0 Å². The normalized spacial score (nSPS) is 12.1. The van der Waals surface area contributed by atoms with Gasteiger partial charge in [-0.3, -0.25) is 14.4 Å². The fraction of sp³-hybridized carbons (Fsp3) is 0.750. The van der Waals surface area contributed by atoms with Crippen LogP contribution in [0, 0.1) is 5.92 Å². The maximum Gasteiger partial charge on any atom is 0.303 e. The molecule has 4 heteroatoms. The van der Waals surface area contributed by atoms with Gasteiger partial charge in [0.05, 0.1) is 0 Å². The molecule has 0 aliphatic heterocycles. The van der Waals surface area contributed by atoms with E-state index in [1.54, 1.807) is 6.92 Å². The van der Waals surface area contributed by atoms with Crippen LogP contribution in [0.15, 0.2) is 0 Å². The maximum atomic E-state index is 11.4. The van der Waals surface area contributed by atoms with Crippen molar-refractivity contribution >= 4 is 17.5 Å². The van der Waals surface area contributed by atoms with E-state index in [2.05, 4.69) is 0 Å². The quantitative estimate of drug-likeness (QED) is 0.614. The van der Waals surface area contributed by atoms with Crippen molar-refractivity contribution in [3.63, 3.8) is 0 Å². The summed E-state index contributed by atoms with van der Waals surface area (Å²) in [4.78, 5) is 33.0. The van der Waals surface area contributed by atoms with Crippen LogP contribution in [0.3, 0.4) is 0 Å². The van der Waals surface area contributed by atoms with E-state index in [9.17, 15) is 14.4 Å². The van der Waals surface area contributed by atoms with Gasteiger partial charge in [-0.2, -0.15) is 0 Å². The van der Waals surface area contributed by atoms with Gasteiger partial charge < -0.3 is 5.11 Å². The molecule has 16 heavy (non-hydrogen) atoms. The Labute approximate surface area is 96.0 Å². The Morgan fingerprint density at radius 3 is 2.12 bits per heavy atom. The summed E-state index contributed by atoms with van der Waals surface area (Å²) in [7, 11) is 0. The van der Waals surface area contributed by atoms with Gasteiger partial charge in [0.2, 0.25) is 0 Å². The number of hydrogen-bond donors (Lipinski definition) is 1. The van der Waals surface area contributed by atoms with Crippen molar-refractivity contribution in [3.8, 4) is 0 Å². The van der Waals surface area contributed by atoms with E-state index in [-0.39, 0.29) is 36.7 Å². The zero-order chi connectivity index (χ0) is 12.6. The number of rotatable bonds is 9. The molecule has 0 fully saturated rings. The average Bonchev–Trinajstić information content (AvgIpc) is 2.24. The van der Waals surface area contributed by atoms with Gasteiger partial charge in [-0.1, -0.05) is 26.7 Å². The number of carboxylic acids is 1. The molecule has 0 rings (SSSR count). The summed E-state index contributed by atoms with van der Waals surface area (Å²) >= 11 is 0. The second kappa shape index (κ2) is 8.02. The Kier molecular flexibility index (Phi) is 7.42. The van der Waals surface area contributed by atoms with Crippen LogP contribution in [-0.2, 0) is 14.4 Å². The van der Waals surface area contributed by atoms with Crippen LogP contribution < -0.4 is 0 Å². The molecule has 4 nitrogen and oxygen atoms in total. The molecule has 1 atom stereocenters. The van der Waals surface area contributed by atoms with Crippen molar-refractivity contribution in [3.05, 3.63) is 0 Å². The maximum absolute atomic E-state index is 11.4.